The summed E-state index contributed by atoms with van der Waals surface area (Å²) in [6.07, 6.45) is 6.93. The van der Waals surface area contributed by atoms with Crippen LogP contribution in [-0.2, 0) is 14.4 Å². The molecule has 2 unspecified atom stereocenters. The molecule has 9 aliphatic rings. The number of nitrogens with one attached hydrogen (secondary N) is 3. The minimum absolute atomic E-state index is 0.111. The Kier molecular flexibility index (Phi) is 9.64. The molecular weight excluding hydrogens is 839 g/mol. The molecule has 17 heteroatoms. The summed E-state index contributed by atoms with van der Waals surface area (Å²) in [4.78, 5) is 57.2. The molecule has 1 saturated carbocycles. The third-order valence-electron chi connectivity index (χ3n) is 15.0. The van der Waals surface area contributed by atoms with Crippen LogP contribution < -0.4 is 30.5 Å². The van der Waals surface area contributed by atoms with Gasteiger partial charge in [0.05, 0.1) is 41.2 Å². The molecule has 8 aliphatic heterocycles. The highest BCUT2D eigenvalue weighted by molar-refractivity contribution is 6.07. The van der Waals surface area contributed by atoms with Crippen molar-refractivity contribution in [2.45, 2.75) is 56.5 Å². The van der Waals surface area contributed by atoms with Crippen LogP contribution in [-0.4, -0.2) is 129 Å². The van der Waals surface area contributed by atoms with Crippen molar-refractivity contribution in [3.05, 3.63) is 78.1 Å². The Hall–Kier alpha value is -6.85. The summed E-state index contributed by atoms with van der Waals surface area (Å²) in [6.45, 7) is 8.90. The van der Waals surface area contributed by atoms with Crippen LogP contribution in [0, 0.1) is 5.92 Å². The van der Waals surface area contributed by atoms with Gasteiger partial charge in [-0.2, -0.15) is 0 Å². The van der Waals surface area contributed by atoms with Crippen molar-refractivity contribution in [2.75, 3.05) is 86.4 Å². The number of imide groups is 1. The largest absolute Gasteiger partial charge is 0.494 e. The molecule has 3 aromatic carbocycles. The zero-order valence-corrected chi connectivity index (χ0v) is 37.0. The van der Waals surface area contributed by atoms with Crippen molar-refractivity contribution < 1.29 is 29.4 Å². The highest BCUT2D eigenvalue weighted by Gasteiger charge is 2.46. The van der Waals surface area contributed by atoms with Crippen molar-refractivity contribution in [1.82, 2.24) is 34.4 Å². The number of piperidine rings is 1. The third-order valence-corrected chi connectivity index (χ3v) is 15.0. The highest BCUT2D eigenvalue weighted by Crippen LogP contribution is 2.51. The van der Waals surface area contributed by atoms with Gasteiger partial charge in [0.1, 0.15) is 5.75 Å². The number of anilines is 5. The number of hydrogen-bond acceptors (Lipinski definition) is 13. The van der Waals surface area contributed by atoms with Gasteiger partial charge in [0, 0.05) is 136 Å². The summed E-state index contributed by atoms with van der Waals surface area (Å²) in [7, 11) is 1.64. The number of methoxy groups -OCH3 is 1. The summed E-state index contributed by atoms with van der Waals surface area (Å²) in [5.74, 6) is 0.339. The number of aromatic hydroxyl groups is 1. The number of likely N-dealkylation sites (tertiary alicyclic amines) is 1. The van der Waals surface area contributed by atoms with Crippen LogP contribution in [0.5, 0.6) is 11.6 Å². The van der Waals surface area contributed by atoms with Gasteiger partial charge in [-0.3, -0.25) is 29.5 Å². The van der Waals surface area contributed by atoms with E-state index in [0.29, 0.717) is 58.7 Å². The van der Waals surface area contributed by atoms with Gasteiger partial charge in [0.2, 0.25) is 29.5 Å². The maximum Gasteiger partial charge on any atom is 0.235 e. The van der Waals surface area contributed by atoms with E-state index in [1.165, 1.54) is 25.3 Å². The predicted molar refractivity (Wildman–Crippen MR) is 250 cm³/mol. The number of carbonyl (C=O) groups is 3. The Labute approximate surface area is 380 Å². The molecule has 15 rings (SSSR count). The molecule has 66 heavy (non-hydrogen) atoms. The number of amides is 3. The molecule has 6 aromatic rings. The first-order valence-corrected chi connectivity index (χ1v) is 23.2. The van der Waals surface area contributed by atoms with Gasteiger partial charge in [0.15, 0.2) is 5.82 Å². The van der Waals surface area contributed by atoms with E-state index in [9.17, 15) is 24.7 Å². The normalized spacial score (nSPS) is 22.2. The van der Waals surface area contributed by atoms with Gasteiger partial charge in [-0.1, -0.05) is 30.3 Å². The summed E-state index contributed by atoms with van der Waals surface area (Å²) >= 11 is 0. The lowest BCUT2D eigenvalue weighted by molar-refractivity contribution is -0.134. The Morgan fingerprint density at radius 1 is 0.924 bits per heavy atom. The van der Waals surface area contributed by atoms with E-state index in [0.717, 1.165) is 102 Å². The number of rotatable bonds is 11. The minimum Gasteiger partial charge on any atom is -0.494 e. The van der Waals surface area contributed by atoms with Gasteiger partial charge < -0.3 is 40.1 Å². The molecular formula is C49H53N11O6. The zero-order valence-electron chi connectivity index (χ0n) is 37.0. The number of aromatic nitrogens is 4. The van der Waals surface area contributed by atoms with E-state index in [4.69, 9.17) is 9.72 Å². The molecule has 11 heterocycles. The number of para-hydroxylation sites is 1. The van der Waals surface area contributed by atoms with Gasteiger partial charge in [-0.05, 0) is 48.6 Å². The molecule has 5 fully saturated rings. The van der Waals surface area contributed by atoms with Gasteiger partial charge in [0.25, 0.3) is 0 Å². The maximum absolute atomic E-state index is 13.4. The molecule has 2 atom stereocenters. The lowest BCUT2D eigenvalue weighted by Gasteiger charge is -2.51. The van der Waals surface area contributed by atoms with E-state index in [1.54, 1.807) is 13.3 Å². The van der Waals surface area contributed by atoms with E-state index in [2.05, 4.69) is 81.6 Å². The Bertz CT molecular complexity index is 2960. The number of hydrogen-bond donors (Lipinski definition) is 5. The number of ether oxygens (including phenoxy) is 1. The first kappa shape index (κ1) is 40.6. The summed E-state index contributed by atoms with van der Waals surface area (Å²) in [5, 5.41) is 33.7. The maximum atomic E-state index is 13.4. The van der Waals surface area contributed by atoms with E-state index >= 15 is 0 Å². The number of nitrogens with zero attached hydrogens (tertiary/aromatic N) is 8. The van der Waals surface area contributed by atoms with Crippen molar-refractivity contribution in [3.8, 4) is 22.9 Å². The van der Waals surface area contributed by atoms with Gasteiger partial charge >= 0.3 is 0 Å². The van der Waals surface area contributed by atoms with Gasteiger partial charge in [-0.15, -0.1) is 4.73 Å². The fourth-order valence-corrected chi connectivity index (χ4v) is 11.5. The first-order valence-electron chi connectivity index (χ1n) is 23.2. The number of fused-ring (bicyclic) bond motifs is 1. The molecule has 3 amide bonds. The molecule has 340 valence electrons. The SMILES string of the molecule is COc1cc(N2CCN(C3CN(CC4c5ccc6c(n(O)c(O)c6c5C5CCC(=O)NC5=O)N5CC4C5)C3)CC2)c(NC(C)=O)cc1Nc1nccc(-c2cn(C3CC3)c3ccccc23)n1. The molecule has 6 bridgehead atoms. The Morgan fingerprint density at radius 3 is 2.48 bits per heavy atom. The van der Waals surface area contributed by atoms with Crippen molar-refractivity contribution in [2.24, 2.45) is 5.92 Å². The summed E-state index contributed by atoms with van der Waals surface area (Å²) < 4.78 is 9.18. The average Bonchev–Trinajstić information content (AvgIpc) is 3.98. The van der Waals surface area contributed by atoms with Crippen molar-refractivity contribution >= 4 is 68.2 Å². The molecule has 0 spiro atoms. The van der Waals surface area contributed by atoms with E-state index < -0.39 is 5.92 Å². The Morgan fingerprint density at radius 2 is 1.73 bits per heavy atom. The second-order valence-electron chi connectivity index (χ2n) is 19.0. The van der Waals surface area contributed by atoms with Crippen molar-refractivity contribution in [1.29, 1.82) is 0 Å². The molecule has 4 saturated heterocycles. The number of piperazine rings is 1. The van der Waals surface area contributed by atoms with Crippen LogP contribution in [0.25, 0.3) is 32.9 Å². The fourth-order valence-electron chi connectivity index (χ4n) is 11.5. The van der Waals surface area contributed by atoms with Crippen LogP contribution >= 0.6 is 0 Å². The fraction of sp³-hybridized carbons (Fsp3) is 0.408. The van der Waals surface area contributed by atoms with Crippen LogP contribution in [0.15, 0.2) is 67.0 Å². The monoisotopic (exact) mass is 891 g/mol. The number of carbonyl (C=O) groups excluding carboxylic acids is 3. The van der Waals surface area contributed by atoms with Crippen LogP contribution in [0.4, 0.5) is 28.8 Å². The molecule has 17 nitrogen and oxygen atoms in total. The topological polar surface area (TPSA) is 186 Å². The third kappa shape index (κ3) is 6.77. The van der Waals surface area contributed by atoms with Gasteiger partial charge in [-0.25, -0.2) is 9.97 Å². The summed E-state index contributed by atoms with van der Waals surface area (Å²) in [5.41, 5.74) is 7.06. The lowest BCUT2D eigenvalue weighted by Crippen LogP contribution is -2.64. The van der Waals surface area contributed by atoms with Crippen LogP contribution in [0.3, 0.4) is 0 Å². The molecule has 3 aromatic heterocycles. The number of benzene rings is 3. The minimum atomic E-state index is -0.600. The second kappa shape index (κ2) is 15.7. The quantitative estimate of drug-likeness (QED) is 0.0801. The predicted octanol–water partition coefficient (Wildman–Crippen LogP) is 5.60. The van der Waals surface area contributed by atoms with Crippen LogP contribution in [0.2, 0.25) is 0 Å². The zero-order chi connectivity index (χ0) is 45.0. The second-order valence-corrected chi connectivity index (χ2v) is 19.0. The van der Waals surface area contributed by atoms with E-state index in [1.807, 2.05) is 24.3 Å². The summed E-state index contributed by atoms with van der Waals surface area (Å²) in [6, 6.07) is 19.3. The first-order chi connectivity index (χ1) is 32.1. The molecule has 5 N–H and O–H groups in total. The van der Waals surface area contributed by atoms with Crippen molar-refractivity contribution in [3.63, 3.8) is 0 Å². The lowest BCUT2D eigenvalue weighted by atomic mass is 9.75. The van der Waals surface area contributed by atoms with Crippen LogP contribution in [0.1, 0.15) is 61.6 Å². The average molecular weight is 892 g/mol. The highest BCUT2D eigenvalue weighted by atomic mass is 16.5. The smallest absolute Gasteiger partial charge is 0.235 e. The van der Waals surface area contributed by atoms with E-state index in [-0.39, 0.29) is 35.9 Å². The Balaban J connectivity index is 0.737. The molecule has 1 aliphatic carbocycles. The molecule has 0 radical (unpaired) electrons. The standard InChI is InChI=1S/C49H53N11O6/c1-27(61)51-38-19-39(53-49-50-14-13-37(52-49)36-26-59(29-7-8-29)40-6-4-3-5-31(36)40)42(66-2)20-41(38)57-17-15-56(16-18-57)30-23-55(24-30)25-35-28-21-58(22-28)47-34-10-9-32(35)44(45(34)48(64)60(47)65)33-11-12-43(62)54-46(33)63/h3-6,9-10,13-14,19-20,26,28-30,33,35,64-65H,7-8,11-12,15-18,21-25H2,1-2H3,(H,51,61)(H,50,52,53)(H,54,62,63).